The van der Waals surface area contributed by atoms with E-state index in [9.17, 15) is 0 Å². The van der Waals surface area contributed by atoms with Crippen LogP contribution in [-0.2, 0) is 6.54 Å². The first kappa shape index (κ1) is 10.2. The largest absolute Gasteiger partial charge is 0.383 e. The van der Waals surface area contributed by atoms with Crippen molar-refractivity contribution in [1.82, 2.24) is 9.78 Å². The van der Waals surface area contributed by atoms with Gasteiger partial charge in [-0.2, -0.15) is 16.9 Å². The minimum Gasteiger partial charge on any atom is -0.383 e. The second-order valence-electron chi connectivity index (χ2n) is 2.45. The molecule has 0 saturated carbocycles. The predicted octanol–water partition coefficient (Wildman–Crippen LogP) is 1.82. The van der Waals surface area contributed by atoms with Crippen molar-refractivity contribution in [2.24, 2.45) is 0 Å². The Bertz CT molecular complexity index is 249. The first-order valence-electron chi connectivity index (χ1n) is 3.71. The van der Waals surface area contributed by atoms with Crippen LogP contribution in [0.2, 0.25) is 0 Å². The van der Waals surface area contributed by atoms with Gasteiger partial charge in [-0.25, -0.2) is 4.68 Å². The molecule has 68 valence electrons. The number of rotatable bonds is 4. The smallest absolute Gasteiger partial charge is 0.135 e. The highest BCUT2D eigenvalue weighted by Gasteiger charge is 2.02. The number of anilines is 1. The zero-order valence-electron chi connectivity index (χ0n) is 6.96. The van der Waals surface area contributed by atoms with Gasteiger partial charge in [-0.1, -0.05) is 0 Å². The molecule has 1 rings (SSSR count). The predicted molar refractivity (Wildman–Crippen MR) is 62.4 cm³/mol. The van der Waals surface area contributed by atoms with Crippen LogP contribution in [0.25, 0.3) is 0 Å². The Hall–Kier alpha value is 0.0900. The van der Waals surface area contributed by atoms with E-state index in [1.165, 1.54) is 0 Å². The molecule has 0 amide bonds. The van der Waals surface area contributed by atoms with Gasteiger partial charge in [-0.3, -0.25) is 0 Å². The van der Waals surface area contributed by atoms with Crippen molar-refractivity contribution in [2.75, 3.05) is 17.7 Å². The molecule has 0 aliphatic carbocycles. The van der Waals surface area contributed by atoms with E-state index >= 15 is 0 Å². The lowest BCUT2D eigenvalue weighted by Gasteiger charge is -2.02. The van der Waals surface area contributed by atoms with Crippen molar-refractivity contribution in [2.45, 2.75) is 13.0 Å². The fourth-order valence-electron chi connectivity index (χ4n) is 0.909. The van der Waals surface area contributed by atoms with Crippen LogP contribution in [-0.4, -0.2) is 21.8 Å². The summed E-state index contributed by atoms with van der Waals surface area (Å²) in [6, 6.07) is 0. The molecule has 0 saturated heterocycles. The van der Waals surface area contributed by atoms with Crippen LogP contribution >= 0.6 is 34.4 Å². The summed E-state index contributed by atoms with van der Waals surface area (Å²) in [6.07, 6.45) is 5.04. The zero-order chi connectivity index (χ0) is 8.97. The topological polar surface area (TPSA) is 43.8 Å². The third kappa shape index (κ3) is 2.55. The number of thioether (sulfide) groups is 1. The van der Waals surface area contributed by atoms with Crippen LogP contribution in [0, 0.1) is 3.57 Å². The highest BCUT2D eigenvalue weighted by Crippen LogP contribution is 2.13. The summed E-state index contributed by atoms with van der Waals surface area (Å²) in [5.41, 5.74) is 5.77. The summed E-state index contributed by atoms with van der Waals surface area (Å²) in [7, 11) is 0. The van der Waals surface area contributed by atoms with Gasteiger partial charge in [-0.05, 0) is 41.0 Å². The normalized spacial score (nSPS) is 10.5. The Kier molecular flexibility index (Phi) is 4.20. The average Bonchev–Trinajstić information content (AvgIpc) is 2.36. The lowest BCUT2D eigenvalue weighted by molar-refractivity contribution is 0.615. The molecule has 0 aliphatic heterocycles. The monoisotopic (exact) mass is 297 g/mol. The molecule has 3 nitrogen and oxygen atoms in total. The van der Waals surface area contributed by atoms with E-state index < -0.39 is 0 Å². The molecule has 2 N–H and O–H groups in total. The Morgan fingerprint density at radius 1 is 1.75 bits per heavy atom. The molecule has 1 heterocycles. The minimum atomic E-state index is 0.789. The third-order valence-electron chi connectivity index (χ3n) is 1.55. The average molecular weight is 297 g/mol. The molecular weight excluding hydrogens is 285 g/mol. The number of hydrogen-bond donors (Lipinski definition) is 1. The van der Waals surface area contributed by atoms with Gasteiger partial charge in [0, 0.05) is 6.54 Å². The minimum absolute atomic E-state index is 0.789. The summed E-state index contributed by atoms with van der Waals surface area (Å²) in [5.74, 6) is 1.95. The summed E-state index contributed by atoms with van der Waals surface area (Å²) in [5, 5.41) is 4.16. The number of nitrogens with zero attached hydrogens (tertiary/aromatic N) is 2. The summed E-state index contributed by atoms with van der Waals surface area (Å²) >= 11 is 4.04. The number of aryl methyl sites for hydroxylation is 1. The van der Waals surface area contributed by atoms with E-state index in [0.29, 0.717) is 0 Å². The second-order valence-corrected chi connectivity index (χ2v) is 4.60. The van der Waals surface area contributed by atoms with E-state index in [4.69, 9.17) is 5.73 Å². The molecule has 0 radical (unpaired) electrons. The molecule has 0 aromatic carbocycles. The highest BCUT2D eigenvalue weighted by molar-refractivity contribution is 14.1. The molecule has 1 aromatic heterocycles. The summed E-state index contributed by atoms with van der Waals surface area (Å²) in [6.45, 7) is 0.926. The zero-order valence-corrected chi connectivity index (χ0v) is 9.93. The van der Waals surface area contributed by atoms with Crippen molar-refractivity contribution in [1.29, 1.82) is 0 Å². The fourth-order valence-corrected chi connectivity index (χ4v) is 1.73. The van der Waals surface area contributed by atoms with Crippen molar-refractivity contribution in [3.05, 3.63) is 9.77 Å². The molecule has 0 fully saturated rings. The highest BCUT2D eigenvalue weighted by atomic mass is 127. The Morgan fingerprint density at radius 3 is 3.00 bits per heavy atom. The van der Waals surface area contributed by atoms with Crippen molar-refractivity contribution in [3.8, 4) is 0 Å². The van der Waals surface area contributed by atoms with Crippen LogP contribution < -0.4 is 5.73 Å². The number of nitrogens with two attached hydrogens (primary N) is 1. The molecule has 0 atom stereocenters. The third-order valence-corrected chi connectivity index (χ3v) is 3.08. The Morgan fingerprint density at radius 2 is 2.50 bits per heavy atom. The van der Waals surface area contributed by atoms with Gasteiger partial charge in [0.25, 0.3) is 0 Å². The molecule has 0 aliphatic rings. The quantitative estimate of drug-likeness (QED) is 0.681. The van der Waals surface area contributed by atoms with E-state index in [1.54, 1.807) is 6.20 Å². The fraction of sp³-hybridized carbons (Fsp3) is 0.571. The molecule has 0 spiro atoms. The molecule has 1 aromatic rings. The summed E-state index contributed by atoms with van der Waals surface area (Å²) < 4.78 is 2.90. The van der Waals surface area contributed by atoms with Crippen LogP contribution in [0.4, 0.5) is 5.82 Å². The maximum absolute atomic E-state index is 5.77. The van der Waals surface area contributed by atoms with Gasteiger partial charge in [0.05, 0.1) is 9.77 Å². The summed E-state index contributed by atoms with van der Waals surface area (Å²) in [4.78, 5) is 0. The number of halogens is 1. The molecule has 12 heavy (non-hydrogen) atoms. The SMILES string of the molecule is CSCCCn1ncc(I)c1N. The van der Waals surface area contributed by atoms with E-state index in [2.05, 4.69) is 33.9 Å². The van der Waals surface area contributed by atoms with Gasteiger partial charge >= 0.3 is 0 Å². The molecule has 0 unspecified atom stereocenters. The van der Waals surface area contributed by atoms with Crippen LogP contribution in [0.15, 0.2) is 6.20 Å². The van der Waals surface area contributed by atoms with Gasteiger partial charge in [0.1, 0.15) is 5.82 Å². The van der Waals surface area contributed by atoms with Crippen LogP contribution in [0.1, 0.15) is 6.42 Å². The van der Waals surface area contributed by atoms with E-state index in [-0.39, 0.29) is 0 Å². The van der Waals surface area contributed by atoms with Crippen LogP contribution in [0.3, 0.4) is 0 Å². The number of hydrogen-bond acceptors (Lipinski definition) is 3. The lowest BCUT2D eigenvalue weighted by atomic mass is 10.5. The van der Waals surface area contributed by atoms with Gasteiger partial charge in [-0.15, -0.1) is 0 Å². The molecule has 5 heteroatoms. The van der Waals surface area contributed by atoms with E-state index in [0.717, 1.165) is 28.1 Å². The lowest BCUT2D eigenvalue weighted by Crippen LogP contribution is -2.05. The molecular formula is C7H12IN3S. The van der Waals surface area contributed by atoms with Crippen molar-refractivity contribution >= 4 is 40.2 Å². The number of nitrogen functional groups attached to an aromatic ring is 1. The standard InChI is InChI=1S/C7H12IN3S/c1-12-4-2-3-11-7(9)6(8)5-10-11/h5H,2-4,9H2,1H3. The van der Waals surface area contributed by atoms with Gasteiger partial charge < -0.3 is 5.73 Å². The van der Waals surface area contributed by atoms with Crippen molar-refractivity contribution < 1.29 is 0 Å². The number of aromatic nitrogens is 2. The molecule has 0 bridgehead atoms. The van der Waals surface area contributed by atoms with Gasteiger partial charge in [0.15, 0.2) is 0 Å². The second kappa shape index (κ2) is 4.96. The van der Waals surface area contributed by atoms with E-state index in [1.807, 2.05) is 16.4 Å². The van der Waals surface area contributed by atoms with Crippen molar-refractivity contribution in [3.63, 3.8) is 0 Å². The Balaban J connectivity index is 2.46. The first-order valence-corrected chi connectivity index (χ1v) is 6.18. The Labute approximate surface area is 90.2 Å². The van der Waals surface area contributed by atoms with Crippen LogP contribution in [0.5, 0.6) is 0 Å². The maximum Gasteiger partial charge on any atom is 0.135 e. The first-order chi connectivity index (χ1) is 5.75. The van der Waals surface area contributed by atoms with Gasteiger partial charge in [0.2, 0.25) is 0 Å². The maximum atomic E-state index is 5.77.